The van der Waals surface area contributed by atoms with Gasteiger partial charge in [-0.3, -0.25) is 53.3 Å². The first-order valence-electron chi connectivity index (χ1n) is 33.5. The molecular formula is C67H124N12O12. The fourth-order valence-corrected chi connectivity index (χ4v) is 12.1. The van der Waals surface area contributed by atoms with Gasteiger partial charge in [-0.15, -0.1) is 0 Å². The number of nitrogens with zero attached hydrogens (tertiary/aromatic N) is 8. The quantitative estimate of drug-likeness (QED) is 0.0430. The number of aldehydes is 2. The number of nitrogens with one attached hydrogen (secondary N) is 3. The molecule has 13 atom stereocenters. The Morgan fingerprint density at radius 2 is 1.03 bits per heavy atom. The fraction of sp³-hybridized carbons (Fsp3) is 0.836. The van der Waals surface area contributed by atoms with Crippen LogP contribution in [-0.2, 0) is 52.7 Å². The first-order valence-corrected chi connectivity index (χ1v) is 33.5. The molecule has 24 nitrogen and oxygen atoms in total. The van der Waals surface area contributed by atoms with Gasteiger partial charge < -0.3 is 65.5 Å². The van der Waals surface area contributed by atoms with Gasteiger partial charge in [0, 0.05) is 49.3 Å². The van der Waals surface area contributed by atoms with E-state index in [-0.39, 0.29) is 49.4 Å². The van der Waals surface area contributed by atoms with Crippen LogP contribution in [0.4, 0.5) is 0 Å². The average molecular weight is 1290 g/mol. The highest BCUT2D eigenvalue weighted by molar-refractivity contribution is 5.98. The van der Waals surface area contributed by atoms with Crippen LogP contribution < -0.4 is 21.7 Å². The van der Waals surface area contributed by atoms with Gasteiger partial charge in [0.1, 0.15) is 48.6 Å². The number of amides is 9. The maximum absolute atomic E-state index is 15.4. The van der Waals surface area contributed by atoms with Crippen molar-refractivity contribution in [1.82, 2.24) is 55.1 Å². The molecule has 0 radical (unpaired) electrons. The van der Waals surface area contributed by atoms with Crippen molar-refractivity contribution in [2.24, 2.45) is 47.2 Å². The third-order valence-electron chi connectivity index (χ3n) is 18.0. The summed E-state index contributed by atoms with van der Waals surface area (Å²) in [6, 6.07) is -11.2. The van der Waals surface area contributed by atoms with E-state index >= 15 is 14.4 Å². The molecule has 1 heterocycles. The standard InChI is InChI=1S/C67H124N12O12/c1-25-29-51(62(87)72(18)49(17)61(86)78(24)67(39-81,37-43(8)9)71-54(44(10)11)65(90)73(19)50(38-80)34-40(2)3)70-59(84)56(57(82)46(14)30-33-79-31-27-26-28-32-79)77(23)66(91)55(45(12)13)76(22)64(89)53(36-42(6)7)75(21)63(88)52(35-41(4)5)74(20)60(85)48(16)69-58(83)47(15)68/h38-57,71,82H,25-37,68H2,1-24H3,(H,69,83)(H,70,84). The Balaban J connectivity index is 3.95. The van der Waals surface area contributed by atoms with Gasteiger partial charge in [0.05, 0.1) is 24.2 Å². The molecule has 1 fully saturated rings. The molecule has 0 aliphatic carbocycles. The molecule has 91 heavy (non-hydrogen) atoms. The first-order chi connectivity index (χ1) is 42.1. The minimum absolute atomic E-state index is 0.0728. The Kier molecular flexibility index (Phi) is 35.3. The lowest BCUT2D eigenvalue weighted by atomic mass is 9.91. The minimum Gasteiger partial charge on any atom is -0.390 e. The molecule has 524 valence electrons. The summed E-state index contributed by atoms with van der Waals surface area (Å²) in [5.74, 6) is -7.41. The SMILES string of the molecule is CCCC(NC(=O)C(C(O)C(C)CCN1CCCCC1)N(C)C(=O)C(C(C)C)N(C)C(=O)C(CC(C)C)N(C)C(=O)C(CC(C)C)N(C)C(=O)C(C)NC(=O)C(C)N)C(=O)N(C)C(C)C(=O)N(C)C(C=O)(CC(C)C)NC(C(=O)N(C)C(C=O)CC(C)C)C(C)C. The zero-order valence-corrected chi connectivity index (χ0v) is 60.3. The zero-order chi connectivity index (χ0) is 70.4. The summed E-state index contributed by atoms with van der Waals surface area (Å²) in [5, 5.41) is 21.2. The van der Waals surface area contributed by atoms with Crippen molar-refractivity contribution in [3.05, 3.63) is 0 Å². The third kappa shape index (κ3) is 23.7. The number of aliphatic hydroxyl groups excluding tert-OH is 1. The Morgan fingerprint density at radius 1 is 0.538 bits per heavy atom. The Labute approximate surface area is 546 Å². The van der Waals surface area contributed by atoms with Gasteiger partial charge in [-0.25, -0.2) is 0 Å². The number of carbonyl (C=O) groups is 11. The van der Waals surface area contributed by atoms with E-state index in [9.17, 15) is 43.5 Å². The van der Waals surface area contributed by atoms with Crippen molar-refractivity contribution in [2.75, 3.05) is 69.0 Å². The van der Waals surface area contributed by atoms with Gasteiger partial charge in [-0.2, -0.15) is 0 Å². The van der Waals surface area contributed by atoms with Gasteiger partial charge in [0.25, 0.3) is 0 Å². The van der Waals surface area contributed by atoms with E-state index in [1.165, 1.54) is 92.5 Å². The number of rotatable bonds is 39. The highest BCUT2D eigenvalue weighted by Crippen LogP contribution is 2.28. The van der Waals surface area contributed by atoms with Gasteiger partial charge >= 0.3 is 0 Å². The van der Waals surface area contributed by atoms with Crippen molar-refractivity contribution < 1.29 is 57.8 Å². The van der Waals surface area contributed by atoms with Crippen LogP contribution in [0.1, 0.15) is 182 Å². The van der Waals surface area contributed by atoms with E-state index in [1.807, 2.05) is 62.3 Å². The third-order valence-corrected chi connectivity index (χ3v) is 18.0. The van der Waals surface area contributed by atoms with Crippen LogP contribution in [0, 0.1) is 41.4 Å². The summed E-state index contributed by atoms with van der Waals surface area (Å²) in [4.78, 5) is 168. The van der Waals surface area contributed by atoms with Crippen molar-refractivity contribution in [3.8, 4) is 0 Å². The largest absolute Gasteiger partial charge is 0.390 e. The lowest BCUT2D eigenvalue weighted by molar-refractivity contribution is -0.157. The Morgan fingerprint density at radius 3 is 1.47 bits per heavy atom. The monoisotopic (exact) mass is 1290 g/mol. The number of piperidine rings is 1. The van der Waals surface area contributed by atoms with Crippen molar-refractivity contribution in [2.45, 2.75) is 254 Å². The van der Waals surface area contributed by atoms with Gasteiger partial charge in [0.15, 0.2) is 11.9 Å². The number of aliphatic hydroxyl groups is 1. The molecule has 9 amide bonds. The molecule has 6 N–H and O–H groups in total. The van der Waals surface area contributed by atoms with Crippen LogP contribution in [0.15, 0.2) is 0 Å². The molecule has 1 saturated heterocycles. The van der Waals surface area contributed by atoms with E-state index in [2.05, 4.69) is 20.9 Å². The molecule has 1 aliphatic rings. The highest BCUT2D eigenvalue weighted by Gasteiger charge is 2.48. The van der Waals surface area contributed by atoms with Crippen LogP contribution in [0.2, 0.25) is 0 Å². The Bertz CT molecular complexity index is 2380. The normalized spacial score (nSPS) is 17.7. The summed E-state index contributed by atoms with van der Waals surface area (Å²) in [6.45, 7) is 32.8. The lowest BCUT2D eigenvalue weighted by Crippen LogP contribution is -2.69. The number of nitrogens with two attached hydrogens (primary N) is 1. The first kappa shape index (κ1) is 83.4. The number of hydrogen-bond donors (Lipinski definition) is 5. The minimum atomic E-state index is -1.76. The number of hydrogen-bond acceptors (Lipinski definition) is 15. The van der Waals surface area contributed by atoms with E-state index in [4.69, 9.17) is 5.73 Å². The molecule has 0 aromatic carbocycles. The van der Waals surface area contributed by atoms with Crippen LogP contribution in [0.25, 0.3) is 0 Å². The highest BCUT2D eigenvalue weighted by atomic mass is 16.3. The molecule has 0 spiro atoms. The maximum Gasteiger partial charge on any atom is 0.246 e. The van der Waals surface area contributed by atoms with Crippen molar-refractivity contribution >= 4 is 65.7 Å². The molecule has 0 saturated carbocycles. The molecule has 1 aliphatic heterocycles. The van der Waals surface area contributed by atoms with Crippen LogP contribution in [0.5, 0.6) is 0 Å². The van der Waals surface area contributed by atoms with E-state index < -0.39 is 143 Å². The summed E-state index contributed by atoms with van der Waals surface area (Å²) in [5.41, 5.74) is 4.00. The topological polar surface area (TPSA) is 296 Å². The molecule has 1 rings (SSSR count). The average Bonchev–Trinajstić information content (AvgIpc) is 0.875. The van der Waals surface area contributed by atoms with Crippen molar-refractivity contribution in [3.63, 3.8) is 0 Å². The Hall–Kier alpha value is -5.59. The number of carbonyl (C=O) groups excluding carboxylic acids is 11. The maximum atomic E-state index is 15.4. The smallest absolute Gasteiger partial charge is 0.246 e. The van der Waals surface area contributed by atoms with E-state index in [0.29, 0.717) is 32.1 Å². The van der Waals surface area contributed by atoms with Gasteiger partial charge in [0.2, 0.25) is 53.2 Å². The number of likely N-dealkylation sites (tertiary alicyclic amines) is 1. The molecule has 0 bridgehead atoms. The number of likely N-dealkylation sites (N-methyl/N-ethyl adjacent to an activating group) is 7. The molecule has 0 aromatic rings. The lowest BCUT2D eigenvalue weighted by Gasteiger charge is -2.45. The zero-order valence-electron chi connectivity index (χ0n) is 60.3. The molecule has 0 aromatic heterocycles. The summed E-state index contributed by atoms with van der Waals surface area (Å²) in [7, 11) is 10.2. The van der Waals surface area contributed by atoms with E-state index in [1.54, 1.807) is 41.7 Å². The molecule has 24 heteroatoms. The van der Waals surface area contributed by atoms with E-state index in [0.717, 1.165) is 43.5 Å². The predicted molar refractivity (Wildman–Crippen MR) is 355 cm³/mol. The van der Waals surface area contributed by atoms with Gasteiger partial charge in [-0.05, 0) is 133 Å². The predicted octanol–water partition coefficient (Wildman–Crippen LogP) is 3.99. The second-order valence-corrected chi connectivity index (χ2v) is 28.6. The fourth-order valence-electron chi connectivity index (χ4n) is 12.1. The summed E-state index contributed by atoms with van der Waals surface area (Å²) < 4.78 is 0. The van der Waals surface area contributed by atoms with Gasteiger partial charge in [-0.1, -0.05) is 110 Å². The second kappa shape index (κ2) is 38.6. The second-order valence-electron chi connectivity index (χ2n) is 28.6. The summed E-state index contributed by atoms with van der Waals surface area (Å²) in [6.07, 6.45) is 4.79. The molecule has 13 unspecified atom stereocenters. The summed E-state index contributed by atoms with van der Waals surface area (Å²) >= 11 is 0. The van der Waals surface area contributed by atoms with Crippen LogP contribution in [0.3, 0.4) is 0 Å². The van der Waals surface area contributed by atoms with Crippen molar-refractivity contribution in [1.29, 1.82) is 0 Å². The van der Waals surface area contributed by atoms with Crippen LogP contribution >= 0.6 is 0 Å². The van der Waals surface area contributed by atoms with Crippen LogP contribution in [-0.4, -0.2) is 251 Å². The molecular weight excluding hydrogens is 1160 g/mol.